The molecule has 2 aliphatic rings. The SMILES string of the molecule is O=C1CCCC2=C1C(c1cccc([N+](=O)[O-])c1)n1nc(SCc3cccc(Cl)c3)nc1N2. The first-order valence-corrected chi connectivity index (χ1v) is 11.5. The van der Waals surface area contributed by atoms with Crippen LogP contribution in [0.4, 0.5) is 11.6 Å². The number of nitrogens with one attached hydrogen (secondary N) is 1. The first kappa shape index (κ1) is 20.7. The lowest BCUT2D eigenvalue weighted by molar-refractivity contribution is -0.384. The summed E-state index contributed by atoms with van der Waals surface area (Å²) < 4.78 is 1.67. The van der Waals surface area contributed by atoms with Gasteiger partial charge in [0.1, 0.15) is 6.04 Å². The number of allylic oxidation sites excluding steroid dienone is 2. The summed E-state index contributed by atoms with van der Waals surface area (Å²) in [6.07, 6.45) is 1.94. The highest BCUT2D eigenvalue weighted by atomic mass is 35.5. The fraction of sp³-hybridized carbons (Fsp3) is 0.227. The predicted molar refractivity (Wildman–Crippen MR) is 122 cm³/mol. The molecule has 3 aromatic rings. The minimum absolute atomic E-state index is 0.0244. The Balaban J connectivity index is 1.53. The van der Waals surface area contributed by atoms with Crippen molar-refractivity contribution in [3.63, 3.8) is 0 Å². The number of fused-ring (bicyclic) bond motifs is 1. The quantitative estimate of drug-likeness (QED) is 0.314. The molecule has 5 rings (SSSR count). The van der Waals surface area contributed by atoms with Crippen molar-refractivity contribution in [3.8, 4) is 0 Å². The second-order valence-electron chi connectivity index (χ2n) is 7.63. The number of benzene rings is 2. The van der Waals surface area contributed by atoms with Gasteiger partial charge in [0.05, 0.1) is 4.92 Å². The van der Waals surface area contributed by atoms with E-state index in [2.05, 4.69) is 15.4 Å². The number of ketones is 1. The molecule has 32 heavy (non-hydrogen) atoms. The number of halogens is 1. The molecule has 10 heteroatoms. The molecule has 0 saturated carbocycles. The summed E-state index contributed by atoms with van der Waals surface area (Å²) in [7, 11) is 0. The number of carbonyl (C=O) groups is 1. The topological polar surface area (TPSA) is 103 Å². The van der Waals surface area contributed by atoms with E-state index in [0.29, 0.717) is 39.4 Å². The number of nitro groups is 1. The van der Waals surface area contributed by atoms with Crippen LogP contribution >= 0.6 is 23.4 Å². The third-order valence-corrected chi connectivity index (χ3v) is 6.65. The standard InChI is InChI=1S/C22H18ClN5O3S/c23-15-6-1-4-13(10-15)12-32-22-25-21-24-17-8-3-9-18(29)19(17)20(27(21)26-22)14-5-2-7-16(11-14)28(30)31/h1-2,4-7,10-11,20H,3,8-9,12H2,(H,24,25,26). The molecule has 0 saturated heterocycles. The Hall–Kier alpha value is -3.17. The molecule has 8 nitrogen and oxygen atoms in total. The summed E-state index contributed by atoms with van der Waals surface area (Å²) in [5.74, 6) is 1.20. The molecular formula is C22H18ClN5O3S. The predicted octanol–water partition coefficient (Wildman–Crippen LogP) is 5.15. The largest absolute Gasteiger partial charge is 0.328 e. The van der Waals surface area contributed by atoms with Crippen LogP contribution in [-0.2, 0) is 10.5 Å². The zero-order chi connectivity index (χ0) is 22.2. The van der Waals surface area contributed by atoms with Crippen LogP contribution in [0.1, 0.15) is 36.4 Å². The van der Waals surface area contributed by atoms with Crippen LogP contribution in [0.25, 0.3) is 0 Å². The van der Waals surface area contributed by atoms with Crippen molar-refractivity contribution in [1.29, 1.82) is 0 Å². The zero-order valence-corrected chi connectivity index (χ0v) is 18.4. The van der Waals surface area contributed by atoms with E-state index in [1.165, 1.54) is 23.9 Å². The van der Waals surface area contributed by atoms with Gasteiger partial charge in [0.2, 0.25) is 11.1 Å². The van der Waals surface area contributed by atoms with Crippen LogP contribution in [0.3, 0.4) is 0 Å². The highest BCUT2D eigenvalue weighted by molar-refractivity contribution is 7.98. The number of carbonyl (C=O) groups excluding carboxylic acids is 1. The lowest BCUT2D eigenvalue weighted by Gasteiger charge is -2.32. The van der Waals surface area contributed by atoms with Gasteiger partial charge in [-0.25, -0.2) is 4.68 Å². The van der Waals surface area contributed by atoms with Crippen molar-refractivity contribution >= 4 is 40.8 Å². The molecule has 162 valence electrons. The molecule has 1 aliphatic heterocycles. The Bertz CT molecular complexity index is 1270. The number of nitrogens with zero attached hydrogens (tertiary/aromatic N) is 4. The van der Waals surface area contributed by atoms with Gasteiger partial charge in [-0.2, -0.15) is 4.98 Å². The molecule has 2 heterocycles. The summed E-state index contributed by atoms with van der Waals surface area (Å²) in [5.41, 5.74) is 3.10. The van der Waals surface area contributed by atoms with E-state index in [0.717, 1.165) is 24.1 Å². The third-order valence-electron chi connectivity index (χ3n) is 5.50. The number of nitro benzene ring substituents is 1. The number of hydrogen-bond acceptors (Lipinski definition) is 7. The lowest BCUT2D eigenvalue weighted by Crippen LogP contribution is -2.31. The van der Waals surface area contributed by atoms with Crippen molar-refractivity contribution in [2.45, 2.75) is 36.2 Å². The number of non-ortho nitro benzene ring substituents is 1. The van der Waals surface area contributed by atoms with Crippen LogP contribution in [0, 0.1) is 10.1 Å². The molecule has 1 aromatic heterocycles. The monoisotopic (exact) mass is 467 g/mol. The molecule has 1 atom stereocenters. The molecule has 1 unspecified atom stereocenters. The Labute approximate surface area is 192 Å². The first-order valence-electron chi connectivity index (χ1n) is 10.1. The molecule has 0 bridgehead atoms. The maximum absolute atomic E-state index is 12.9. The highest BCUT2D eigenvalue weighted by Crippen LogP contribution is 2.41. The molecule has 2 aromatic carbocycles. The number of rotatable bonds is 5. The summed E-state index contributed by atoms with van der Waals surface area (Å²) in [5, 5.41) is 20.5. The van der Waals surface area contributed by atoms with E-state index in [-0.39, 0.29) is 11.5 Å². The van der Waals surface area contributed by atoms with Gasteiger partial charge in [-0.15, -0.1) is 5.10 Å². The van der Waals surface area contributed by atoms with Gasteiger partial charge < -0.3 is 5.32 Å². The Morgan fingerprint density at radius 1 is 1.22 bits per heavy atom. The van der Waals surface area contributed by atoms with Crippen molar-refractivity contribution in [2.75, 3.05) is 5.32 Å². The van der Waals surface area contributed by atoms with Gasteiger partial charge in [-0.05, 0) is 36.1 Å². The zero-order valence-electron chi connectivity index (χ0n) is 16.8. The van der Waals surface area contributed by atoms with Gasteiger partial charge >= 0.3 is 0 Å². The third kappa shape index (κ3) is 3.89. The van der Waals surface area contributed by atoms with E-state index in [1.54, 1.807) is 16.8 Å². The van der Waals surface area contributed by atoms with Crippen molar-refractivity contribution in [1.82, 2.24) is 14.8 Å². The Morgan fingerprint density at radius 3 is 2.88 bits per heavy atom. The van der Waals surface area contributed by atoms with Crippen molar-refractivity contribution in [2.24, 2.45) is 0 Å². The van der Waals surface area contributed by atoms with Crippen LogP contribution < -0.4 is 5.32 Å². The van der Waals surface area contributed by atoms with Crippen molar-refractivity contribution < 1.29 is 9.72 Å². The second-order valence-corrected chi connectivity index (χ2v) is 9.01. The van der Waals surface area contributed by atoms with Crippen molar-refractivity contribution in [3.05, 3.63) is 86.1 Å². The first-order chi connectivity index (χ1) is 15.5. The Kier molecular flexibility index (Phi) is 5.44. The summed E-state index contributed by atoms with van der Waals surface area (Å²) in [6, 6.07) is 13.4. The lowest BCUT2D eigenvalue weighted by atomic mass is 9.85. The van der Waals surface area contributed by atoms with Gasteiger partial charge in [-0.3, -0.25) is 14.9 Å². The van der Waals surface area contributed by atoms with E-state index >= 15 is 0 Å². The minimum Gasteiger partial charge on any atom is -0.328 e. The van der Waals surface area contributed by atoms with E-state index in [1.807, 2.05) is 24.3 Å². The fourth-order valence-electron chi connectivity index (χ4n) is 4.09. The van der Waals surface area contributed by atoms with Gasteiger partial charge in [0, 0.05) is 40.6 Å². The second kappa shape index (κ2) is 8.40. The average Bonchev–Trinajstić information content (AvgIpc) is 3.19. The van der Waals surface area contributed by atoms with Gasteiger partial charge in [-0.1, -0.05) is 47.6 Å². The number of anilines is 1. The van der Waals surface area contributed by atoms with Crippen LogP contribution in [0.15, 0.2) is 65.0 Å². The number of aromatic nitrogens is 3. The van der Waals surface area contributed by atoms with E-state index in [4.69, 9.17) is 11.6 Å². The average molecular weight is 468 g/mol. The van der Waals surface area contributed by atoms with Crippen LogP contribution in [-0.4, -0.2) is 25.5 Å². The van der Waals surface area contributed by atoms with Gasteiger partial charge in [0.25, 0.3) is 5.69 Å². The number of hydrogen-bond donors (Lipinski definition) is 1. The molecule has 1 aliphatic carbocycles. The highest BCUT2D eigenvalue weighted by Gasteiger charge is 2.37. The molecule has 1 N–H and O–H groups in total. The normalized spacial score (nSPS) is 17.5. The summed E-state index contributed by atoms with van der Waals surface area (Å²) in [4.78, 5) is 28.4. The molecule has 0 fully saturated rings. The molecular weight excluding hydrogens is 450 g/mol. The van der Waals surface area contributed by atoms with E-state index < -0.39 is 11.0 Å². The summed E-state index contributed by atoms with van der Waals surface area (Å²) in [6.45, 7) is 0. The van der Waals surface area contributed by atoms with E-state index in [9.17, 15) is 14.9 Å². The molecule has 0 spiro atoms. The molecule has 0 radical (unpaired) electrons. The van der Waals surface area contributed by atoms with Gasteiger partial charge in [0.15, 0.2) is 5.78 Å². The molecule has 0 amide bonds. The maximum atomic E-state index is 12.9. The maximum Gasteiger partial charge on any atom is 0.269 e. The Morgan fingerprint density at radius 2 is 2.06 bits per heavy atom. The number of thioether (sulfide) groups is 1. The minimum atomic E-state index is -0.554. The van der Waals surface area contributed by atoms with Crippen LogP contribution in [0.5, 0.6) is 0 Å². The van der Waals surface area contributed by atoms with Crippen LogP contribution in [0.2, 0.25) is 5.02 Å². The number of Topliss-reactive ketones (excluding diaryl/α,β-unsaturated/α-hetero) is 1. The summed E-state index contributed by atoms with van der Waals surface area (Å²) >= 11 is 7.54. The fourth-order valence-corrected chi connectivity index (χ4v) is 5.07. The smallest absolute Gasteiger partial charge is 0.269 e.